The van der Waals surface area contributed by atoms with E-state index in [1.807, 2.05) is 12.1 Å². The number of nitrogens with zero attached hydrogens (tertiary/aromatic N) is 1. The Labute approximate surface area is 120 Å². The molecule has 0 saturated carbocycles. The van der Waals surface area contributed by atoms with Crippen LogP contribution in [0.4, 0.5) is 10.1 Å². The van der Waals surface area contributed by atoms with Gasteiger partial charge >= 0.3 is 0 Å². The number of hydrogen-bond donors (Lipinski definition) is 1. The van der Waals surface area contributed by atoms with Crippen molar-refractivity contribution in [2.45, 2.75) is 33.0 Å². The second-order valence-corrected chi connectivity index (χ2v) is 5.22. The molecule has 0 aliphatic rings. The molecule has 0 aromatic heterocycles. The van der Waals surface area contributed by atoms with Gasteiger partial charge in [0.1, 0.15) is 5.82 Å². The minimum Gasteiger partial charge on any atom is -0.365 e. The molecule has 2 nitrogen and oxygen atoms in total. The fraction of sp³-hybridized carbons (Fsp3) is 0.294. The predicted octanol–water partition coefficient (Wildman–Crippen LogP) is 3.70. The molecule has 0 amide bonds. The summed E-state index contributed by atoms with van der Waals surface area (Å²) in [6.45, 7) is 5.63. The molecule has 2 aromatic rings. The molecule has 0 saturated heterocycles. The maximum Gasteiger partial charge on any atom is 0.123 e. The first kappa shape index (κ1) is 14.5. The summed E-state index contributed by atoms with van der Waals surface area (Å²) in [6, 6.07) is 15.3. The van der Waals surface area contributed by atoms with Gasteiger partial charge in [0.15, 0.2) is 0 Å². The fourth-order valence-corrected chi connectivity index (χ4v) is 2.18. The second kappa shape index (κ2) is 6.53. The predicted molar refractivity (Wildman–Crippen MR) is 82.1 cm³/mol. The van der Waals surface area contributed by atoms with Gasteiger partial charge in [0.2, 0.25) is 0 Å². The third-order valence-electron chi connectivity index (χ3n) is 3.39. The summed E-state index contributed by atoms with van der Waals surface area (Å²) in [5, 5.41) is 0. The maximum absolute atomic E-state index is 13.0. The van der Waals surface area contributed by atoms with Crippen molar-refractivity contribution in [2.24, 2.45) is 5.73 Å². The minimum atomic E-state index is -0.197. The molecule has 2 aromatic carbocycles. The largest absolute Gasteiger partial charge is 0.365 e. The zero-order chi connectivity index (χ0) is 14.5. The summed E-state index contributed by atoms with van der Waals surface area (Å²) in [7, 11) is 0. The van der Waals surface area contributed by atoms with Crippen LogP contribution < -0.4 is 10.6 Å². The first-order valence-electron chi connectivity index (χ1n) is 6.90. The number of halogens is 1. The Morgan fingerprint density at radius 3 is 2.00 bits per heavy atom. The quantitative estimate of drug-likeness (QED) is 0.899. The summed E-state index contributed by atoms with van der Waals surface area (Å²) in [6.07, 6.45) is 0. The van der Waals surface area contributed by atoms with Crippen molar-refractivity contribution >= 4 is 5.69 Å². The van der Waals surface area contributed by atoms with Crippen molar-refractivity contribution in [3.05, 3.63) is 65.5 Å². The van der Waals surface area contributed by atoms with E-state index in [4.69, 9.17) is 5.73 Å². The molecule has 0 fully saturated rings. The van der Waals surface area contributed by atoms with Gasteiger partial charge in [-0.15, -0.1) is 0 Å². The molecular weight excluding hydrogens is 251 g/mol. The summed E-state index contributed by atoms with van der Waals surface area (Å²) < 4.78 is 13.0. The zero-order valence-corrected chi connectivity index (χ0v) is 12.0. The van der Waals surface area contributed by atoms with Gasteiger partial charge in [0, 0.05) is 24.8 Å². The summed E-state index contributed by atoms with van der Waals surface area (Å²) in [5.41, 5.74) is 9.00. The highest BCUT2D eigenvalue weighted by Gasteiger charge is 2.11. The normalized spacial score (nSPS) is 10.8. The average Bonchev–Trinajstić information content (AvgIpc) is 2.46. The lowest BCUT2D eigenvalue weighted by Crippen LogP contribution is -2.30. The highest BCUT2D eigenvalue weighted by atomic mass is 19.1. The third kappa shape index (κ3) is 3.58. The number of rotatable bonds is 5. The number of anilines is 1. The van der Waals surface area contributed by atoms with E-state index in [1.54, 1.807) is 0 Å². The summed E-state index contributed by atoms with van der Waals surface area (Å²) in [5.74, 6) is -0.197. The van der Waals surface area contributed by atoms with Gasteiger partial charge in [0.25, 0.3) is 0 Å². The van der Waals surface area contributed by atoms with E-state index in [1.165, 1.54) is 12.1 Å². The average molecular weight is 272 g/mol. The maximum atomic E-state index is 13.0. The molecule has 0 unspecified atom stereocenters. The topological polar surface area (TPSA) is 29.3 Å². The molecule has 3 heteroatoms. The third-order valence-corrected chi connectivity index (χ3v) is 3.39. The molecule has 2 N–H and O–H groups in total. The first-order chi connectivity index (χ1) is 9.60. The molecule has 0 atom stereocenters. The first-order valence-corrected chi connectivity index (χ1v) is 6.90. The monoisotopic (exact) mass is 272 g/mol. The molecule has 2 rings (SSSR count). The standard InChI is InChI=1S/C17H21FN2/c1-13(2)20(12-15-3-7-16(18)8-4-15)17-9-5-14(11-19)6-10-17/h3-10,13H,11-12,19H2,1-2H3. The molecular formula is C17H21FN2. The van der Waals surface area contributed by atoms with Gasteiger partial charge in [-0.1, -0.05) is 24.3 Å². The van der Waals surface area contributed by atoms with Crippen LogP contribution in [0.2, 0.25) is 0 Å². The Hall–Kier alpha value is -1.87. The molecule has 0 radical (unpaired) electrons. The lowest BCUT2D eigenvalue weighted by Gasteiger charge is -2.29. The van der Waals surface area contributed by atoms with Crippen LogP contribution in [-0.2, 0) is 13.1 Å². The van der Waals surface area contributed by atoms with Crippen molar-refractivity contribution in [1.29, 1.82) is 0 Å². The van der Waals surface area contributed by atoms with Crippen LogP contribution in [0, 0.1) is 5.82 Å². The van der Waals surface area contributed by atoms with Gasteiger partial charge in [-0.05, 0) is 49.2 Å². The SMILES string of the molecule is CC(C)N(Cc1ccc(F)cc1)c1ccc(CN)cc1. The Morgan fingerprint density at radius 2 is 1.50 bits per heavy atom. The van der Waals surface area contributed by atoms with Gasteiger partial charge in [0.05, 0.1) is 0 Å². The van der Waals surface area contributed by atoms with Crippen LogP contribution in [-0.4, -0.2) is 6.04 Å². The van der Waals surface area contributed by atoms with Crippen LogP contribution in [0.5, 0.6) is 0 Å². The van der Waals surface area contributed by atoms with Crippen molar-refractivity contribution in [3.63, 3.8) is 0 Å². The second-order valence-electron chi connectivity index (χ2n) is 5.22. The molecule has 0 aliphatic heterocycles. The van der Waals surface area contributed by atoms with Crippen LogP contribution in [0.1, 0.15) is 25.0 Å². The summed E-state index contributed by atoms with van der Waals surface area (Å²) in [4.78, 5) is 2.29. The van der Waals surface area contributed by atoms with Gasteiger partial charge in [-0.25, -0.2) is 4.39 Å². The Kier molecular flexibility index (Phi) is 4.74. The Morgan fingerprint density at radius 1 is 0.950 bits per heavy atom. The van der Waals surface area contributed by atoms with E-state index in [0.717, 1.165) is 23.4 Å². The summed E-state index contributed by atoms with van der Waals surface area (Å²) >= 11 is 0. The van der Waals surface area contributed by atoms with Gasteiger partial charge in [-0.3, -0.25) is 0 Å². The number of nitrogens with two attached hydrogens (primary N) is 1. The van der Waals surface area contributed by atoms with E-state index in [0.29, 0.717) is 12.6 Å². The van der Waals surface area contributed by atoms with Gasteiger partial charge < -0.3 is 10.6 Å². The van der Waals surface area contributed by atoms with Crippen molar-refractivity contribution in [1.82, 2.24) is 0 Å². The lowest BCUT2D eigenvalue weighted by atomic mass is 10.1. The molecule has 20 heavy (non-hydrogen) atoms. The van der Waals surface area contributed by atoms with Crippen molar-refractivity contribution < 1.29 is 4.39 Å². The minimum absolute atomic E-state index is 0.197. The molecule has 0 spiro atoms. The fourth-order valence-electron chi connectivity index (χ4n) is 2.18. The van der Waals surface area contributed by atoms with Crippen LogP contribution in [0.15, 0.2) is 48.5 Å². The van der Waals surface area contributed by atoms with Crippen molar-refractivity contribution in [2.75, 3.05) is 4.90 Å². The lowest BCUT2D eigenvalue weighted by molar-refractivity contribution is 0.625. The highest BCUT2D eigenvalue weighted by molar-refractivity contribution is 5.49. The molecule has 0 heterocycles. The smallest absolute Gasteiger partial charge is 0.123 e. The zero-order valence-electron chi connectivity index (χ0n) is 12.0. The van der Waals surface area contributed by atoms with E-state index in [9.17, 15) is 4.39 Å². The van der Waals surface area contributed by atoms with E-state index < -0.39 is 0 Å². The van der Waals surface area contributed by atoms with E-state index >= 15 is 0 Å². The van der Waals surface area contributed by atoms with E-state index in [2.05, 4.69) is 43.0 Å². The highest BCUT2D eigenvalue weighted by Crippen LogP contribution is 2.21. The van der Waals surface area contributed by atoms with Gasteiger partial charge in [-0.2, -0.15) is 0 Å². The molecule has 106 valence electrons. The van der Waals surface area contributed by atoms with E-state index in [-0.39, 0.29) is 5.82 Å². The Balaban J connectivity index is 2.19. The Bertz CT molecular complexity index is 532. The van der Waals surface area contributed by atoms with Crippen LogP contribution >= 0.6 is 0 Å². The molecule has 0 aliphatic carbocycles. The van der Waals surface area contributed by atoms with Crippen molar-refractivity contribution in [3.8, 4) is 0 Å². The number of hydrogen-bond acceptors (Lipinski definition) is 2. The van der Waals surface area contributed by atoms with Crippen LogP contribution in [0.25, 0.3) is 0 Å². The molecule has 0 bridgehead atoms. The van der Waals surface area contributed by atoms with Crippen LogP contribution in [0.3, 0.4) is 0 Å². The number of benzene rings is 2.